The van der Waals surface area contributed by atoms with Crippen LogP contribution in [-0.2, 0) is 4.79 Å². The third-order valence-corrected chi connectivity index (χ3v) is 6.08. The van der Waals surface area contributed by atoms with Crippen molar-refractivity contribution in [3.8, 4) is 5.75 Å². The minimum Gasteiger partial charge on any atom is -0.483 e. The van der Waals surface area contributed by atoms with Gasteiger partial charge >= 0.3 is 0 Å². The Bertz CT molecular complexity index is 1500. The van der Waals surface area contributed by atoms with Gasteiger partial charge in [0.1, 0.15) is 17.4 Å². The van der Waals surface area contributed by atoms with E-state index in [1.165, 1.54) is 29.1 Å². The molecule has 0 saturated heterocycles. The van der Waals surface area contributed by atoms with Crippen molar-refractivity contribution in [1.82, 2.24) is 9.66 Å². The highest BCUT2D eigenvalue weighted by Crippen LogP contribution is 2.21. The highest BCUT2D eigenvalue weighted by atomic mass is 79.9. The number of ether oxygens (including phenoxy) is 1. The highest BCUT2D eigenvalue weighted by molar-refractivity contribution is 9.10. The van der Waals surface area contributed by atoms with E-state index in [0.717, 1.165) is 10.9 Å². The average molecular weight is 551 g/mol. The largest absolute Gasteiger partial charge is 0.483 e. The van der Waals surface area contributed by atoms with Crippen molar-refractivity contribution in [2.24, 2.45) is 5.10 Å². The fourth-order valence-electron chi connectivity index (χ4n) is 3.52. The number of benzene rings is 3. The third kappa shape index (κ3) is 5.85. The van der Waals surface area contributed by atoms with E-state index in [4.69, 9.17) is 9.72 Å². The van der Waals surface area contributed by atoms with Gasteiger partial charge in [-0.3, -0.25) is 9.59 Å². The van der Waals surface area contributed by atoms with E-state index >= 15 is 0 Å². The summed E-state index contributed by atoms with van der Waals surface area (Å²) >= 11 is 3.41. The number of hydrogen-bond acceptors (Lipinski definition) is 5. The number of amides is 1. The third-order valence-electron chi connectivity index (χ3n) is 5.58. The summed E-state index contributed by atoms with van der Waals surface area (Å²) < 4.78 is 21.1. The number of anilines is 1. The summed E-state index contributed by atoms with van der Waals surface area (Å²) in [5.41, 5.74) is 1.25. The van der Waals surface area contributed by atoms with E-state index in [9.17, 15) is 14.0 Å². The number of rotatable bonds is 8. The maximum absolute atomic E-state index is 13.4. The van der Waals surface area contributed by atoms with Crippen LogP contribution in [0.25, 0.3) is 10.9 Å². The SMILES string of the molecule is CC[C@@H](C)c1nc2ccc(Br)cc2c(=O)n1N=Cc1ccccc1OCC(=O)Nc1cccc(F)c1. The molecule has 36 heavy (non-hydrogen) atoms. The van der Waals surface area contributed by atoms with E-state index < -0.39 is 11.7 Å². The van der Waals surface area contributed by atoms with Gasteiger partial charge in [-0.25, -0.2) is 9.37 Å². The van der Waals surface area contributed by atoms with Crippen LogP contribution < -0.4 is 15.6 Å². The van der Waals surface area contributed by atoms with E-state index in [0.29, 0.717) is 33.7 Å². The first kappa shape index (κ1) is 25.2. The lowest BCUT2D eigenvalue weighted by molar-refractivity contribution is -0.118. The summed E-state index contributed by atoms with van der Waals surface area (Å²) in [4.78, 5) is 30.3. The molecule has 0 fully saturated rings. The van der Waals surface area contributed by atoms with Gasteiger partial charge in [0.25, 0.3) is 11.5 Å². The lowest BCUT2D eigenvalue weighted by Crippen LogP contribution is -2.24. The fraction of sp³-hybridized carbons (Fsp3) is 0.185. The summed E-state index contributed by atoms with van der Waals surface area (Å²) in [5, 5.41) is 7.51. The molecule has 1 atom stereocenters. The van der Waals surface area contributed by atoms with Gasteiger partial charge in [-0.1, -0.05) is 48.0 Å². The Morgan fingerprint density at radius 3 is 2.78 bits per heavy atom. The first-order valence-corrected chi connectivity index (χ1v) is 12.2. The minimum absolute atomic E-state index is 0.000842. The molecule has 3 aromatic carbocycles. The molecule has 1 N–H and O–H groups in total. The van der Waals surface area contributed by atoms with Crippen LogP contribution in [0.2, 0.25) is 0 Å². The zero-order valence-electron chi connectivity index (χ0n) is 19.7. The molecule has 0 unspecified atom stereocenters. The normalized spacial score (nSPS) is 12.1. The second-order valence-electron chi connectivity index (χ2n) is 8.19. The molecule has 7 nitrogen and oxygen atoms in total. The number of hydrogen-bond donors (Lipinski definition) is 1. The number of fused-ring (bicyclic) bond motifs is 1. The van der Waals surface area contributed by atoms with Gasteiger partial charge < -0.3 is 10.1 Å². The predicted octanol–water partition coefficient (Wildman–Crippen LogP) is 5.71. The van der Waals surface area contributed by atoms with E-state index in [2.05, 4.69) is 26.3 Å². The molecule has 0 aliphatic heterocycles. The van der Waals surface area contributed by atoms with Crippen LogP contribution in [0.1, 0.15) is 37.6 Å². The maximum Gasteiger partial charge on any atom is 0.282 e. The van der Waals surface area contributed by atoms with Crippen LogP contribution in [0, 0.1) is 5.82 Å². The number of aromatic nitrogens is 2. The average Bonchev–Trinajstić information content (AvgIpc) is 2.87. The summed E-state index contributed by atoms with van der Waals surface area (Å²) in [7, 11) is 0. The first-order chi connectivity index (χ1) is 17.4. The molecule has 0 bridgehead atoms. The molecule has 184 valence electrons. The fourth-order valence-corrected chi connectivity index (χ4v) is 3.89. The smallest absolute Gasteiger partial charge is 0.282 e. The Labute approximate surface area is 215 Å². The van der Waals surface area contributed by atoms with E-state index in [1.807, 2.05) is 19.9 Å². The van der Waals surface area contributed by atoms with Crippen molar-refractivity contribution >= 4 is 44.6 Å². The number of halogens is 2. The van der Waals surface area contributed by atoms with Crippen molar-refractivity contribution in [2.75, 3.05) is 11.9 Å². The van der Waals surface area contributed by atoms with Gasteiger partial charge in [0, 0.05) is 21.6 Å². The molecular weight excluding hydrogens is 527 g/mol. The molecule has 0 aliphatic rings. The predicted molar refractivity (Wildman–Crippen MR) is 142 cm³/mol. The number of carbonyl (C=O) groups is 1. The molecule has 0 spiro atoms. The second kappa shape index (κ2) is 11.3. The number of para-hydroxylation sites is 1. The van der Waals surface area contributed by atoms with Crippen LogP contribution in [0.15, 0.2) is 81.1 Å². The summed E-state index contributed by atoms with van der Waals surface area (Å²) in [5.74, 6) is 0.0809. The molecule has 0 aliphatic carbocycles. The van der Waals surface area contributed by atoms with Crippen LogP contribution in [-0.4, -0.2) is 28.4 Å². The van der Waals surface area contributed by atoms with Crippen molar-refractivity contribution in [3.63, 3.8) is 0 Å². The molecule has 1 aromatic heterocycles. The summed E-state index contributed by atoms with van der Waals surface area (Å²) in [6.07, 6.45) is 2.29. The molecule has 1 heterocycles. The van der Waals surface area contributed by atoms with Gasteiger partial charge in [-0.05, 0) is 55.0 Å². The molecular formula is C27H24BrFN4O3. The van der Waals surface area contributed by atoms with Crippen molar-refractivity contribution in [2.45, 2.75) is 26.2 Å². The van der Waals surface area contributed by atoms with Gasteiger partial charge in [-0.15, -0.1) is 0 Å². The second-order valence-corrected chi connectivity index (χ2v) is 9.10. The van der Waals surface area contributed by atoms with Crippen LogP contribution in [0.3, 0.4) is 0 Å². The van der Waals surface area contributed by atoms with Gasteiger partial charge in [0.15, 0.2) is 6.61 Å². The molecule has 4 aromatic rings. The Balaban J connectivity index is 1.60. The lowest BCUT2D eigenvalue weighted by Gasteiger charge is -2.14. The van der Waals surface area contributed by atoms with E-state index in [1.54, 1.807) is 42.5 Å². The molecule has 1 amide bonds. The highest BCUT2D eigenvalue weighted by Gasteiger charge is 2.16. The lowest BCUT2D eigenvalue weighted by atomic mass is 10.1. The van der Waals surface area contributed by atoms with E-state index in [-0.39, 0.29) is 18.1 Å². The Morgan fingerprint density at radius 1 is 1.19 bits per heavy atom. The standard InChI is InChI=1S/C27H24BrFN4O3/c1-3-17(2)26-32-23-12-11-19(28)13-22(23)27(35)33(26)30-15-18-7-4-5-10-24(18)36-16-25(34)31-21-9-6-8-20(29)14-21/h4-15,17H,3,16H2,1-2H3,(H,31,34)/t17-/m1/s1. The number of nitrogens with one attached hydrogen (secondary N) is 1. The van der Waals surface area contributed by atoms with Crippen LogP contribution in [0.4, 0.5) is 10.1 Å². The van der Waals surface area contributed by atoms with Crippen LogP contribution >= 0.6 is 15.9 Å². The Hall–Kier alpha value is -3.85. The summed E-state index contributed by atoms with van der Waals surface area (Å²) in [6, 6.07) is 18.0. The number of nitrogens with zero attached hydrogens (tertiary/aromatic N) is 3. The van der Waals surface area contributed by atoms with Crippen molar-refractivity contribution < 1.29 is 13.9 Å². The zero-order chi connectivity index (χ0) is 25.7. The molecule has 9 heteroatoms. The van der Waals surface area contributed by atoms with Gasteiger partial charge in [0.05, 0.1) is 17.1 Å². The molecule has 0 saturated carbocycles. The zero-order valence-corrected chi connectivity index (χ0v) is 21.3. The van der Waals surface area contributed by atoms with Gasteiger partial charge in [-0.2, -0.15) is 9.78 Å². The van der Waals surface area contributed by atoms with Gasteiger partial charge in [0.2, 0.25) is 0 Å². The Morgan fingerprint density at radius 2 is 2.00 bits per heavy atom. The van der Waals surface area contributed by atoms with Crippen molar-refractivity contribution in [3.05, 3.63) is 98.8 Å². The number of carbonyl (C=O) groups excluding carboxylic acids is 1. The first-order valence-electron chi connectivity index (χ1n) is 11.4. The molecule has 4 rings (SSSR count). The molecule has 0 radical (unpaired) electrons. The topological polar surface area (TPSA) is 85.6 Å². The quantitative estimate of drug-likeness (QED) is 0.284. The van der Waals surface area contributed by atoms with Crippen LogP contribution in [0.5, 0.6) is 5.75 Å². The van der Waals surface area contributed by atoms with Crippen molar-refractivity contribution in [1.29, 1.82) is 0 Å². The summed E-state index contributed by atoms with van der Waals surface area (Å²) in [6.45, 7) is 3.73. The maximum atomic E-state index is 13.4. The monoisotopic (exact) mass is 550 g/mol. The minimum atomic E-state index is -0.446. The Kier molecular flexibility index (Phi) is 7.90.